The van der Waals surface area contributed by atoms with Crippen LogP contribution in [0.2, 0.25) is 0 Å². The first-order valence-electron chi connectivity index (χ1n) is 8.50. The van der Waals surface area contributed by atoms with E-state index in [0.717, 1.165) is 44.2 Å². The van der Waals surface area contributed by atoms with Crippen molar-refractivity contribution in [2.75, 3.05) is 13.1 Å². The van der Waals surface area contributed by atoms with E-state index in [1.807, 2.05) is 0 Å². The standard InChI is InChI=1S/C17H25FN2O3S/c1-3-20(4-2)24(22,23)14-10-11-16(18)15(12-14)17(21)19-13-8-6-5-7-9-13/h10-13H,3-9H2,1-2H3,(H,19,21). The van der Waals surface area contributed by atoms with E-state index in [1.165, 1.54) is 10.4 Å². The van der Waals surface area contributed by atoms with Crippen molar-refractivity contribution in [2.45, 2.75) is 56.9 Å². The molecule has 134 valence electrons. The molecule has 0 bridgehead atoms. The third-order valence-corrected chi connectivity index (χ3v) is 6.51. The van der Waals surface area contributed by atoms with Crippen LogP contribution in [0, 0.1) is 5.82 Å². The van der Waals surface area contributed by atoms with Gasteiger partial charge >= 0.3 is 0 Å². The van der Waals surface area contributed by atoms with Crippen LogP contribution in [0.1, 0.15) is 56.3 Å². The Morgan fingerprint density at radius 1 is 1.21 bits per heavy atom. The Morgan fingerprint density at radius 2 is 1.83 bits per heavy atom. The summed E-state index contributed by atoms with van der Waals surface area (Å²) in [5.74, 6) is -1.25. The van der Waals surface area contributed by atoms with Gasteiger partial charge in [0.15, 0.2) is 0 Å². The van der Waals surface area contributed by atoms with Gasteiger partial charge in [-0.3, -0.25) is 4.79 Å². The van der Waals surface area contributed by atoms with Gasteiger partial charge in [0, 0.05) is 19.1 Å². The fourth-order valence-corrected chi connectivity index (χ4v) is 4.55. The van der Waals surface area contributed by atoms with E-state index >= 15 is 0 Å². The van der Waals surface area contributed by atoms with Crippen molar-refractivity contribution in [2.24, 2.45) is 0 Å². The Kier molecular flexibility index (Phi) is 6.34. The van der Waals surface area contributed by atoms with Gasteiger partial charge < -0.3 is 5.32 Å². The van der Waals surface area contributed by atoms with Gasteiger partial charge in [-0.1, -0.05) is 33.1 Å². The number of hydrogen-bond acceptors (Lipinski definition) is 3. The van der Waals surface area contributed by atoms with Crippen molar-refractivity contribution in [3.05, 3.63) is 29.6 Å². The molecular weight excluding hydrogens is 331 g/mol. The maximum atomic E-state index is 14.1. The van der Waals surface area contributed by atoms with E-state index in [-0.39, 0.29) is 16.5 Å². The fourth-order valence-electron chi connectivity index (χ4n) is 3.06. The molecule has 1 fully saturated rings. The second-order valence-corrected chi connectivity index (χ2v) is 7.98. The van der Waals surface area contributed by atoms with Crippen molar-refractivity contribution in [1.82, 2.24) is 9.62 Å². The number of carbonyl (C=O) groups is 1. The Bertz CT molecular complexity index is 681. The van der Waals surface area contributed by atoms with Crippen LogP contribution in [0.15, 0.2) is 23.1 Å². The largest absolute Gasteiger partial charge is 0.349 e. The van der Waals surface area contributed by atoms with Gasteiger partial charge in [0.05, 0.1) is 10.5 Å². The van der Waals surface area contributed by atoms with Gasteiger partial charge in [-0.05, 0) is 31.0 Å². The minimum Gasteiger partial charge on any atom is -0.349 e. The predicted molar refractivity (Wildman–Crippen MR) is 90.8 cm³/mol. The molecule has 0 saturated heterocycles. The van der Waals surface area contributed by atoms with Gasteiger partial charge in [-0.25, -0.2) is 12.8 Å². The van der Waals surface area contributed by atoms with E-state index in [2.05, 4.69) is 5.32 Å². The summed E-state index contributed by atoms with van der Waals surface area (Å²) in [4.78, 5) is 12.3. The van der Waals surface area contributed by atoms with Gasteiger partial charge in [0.2, 0.25) is 10.0 Å². The summed E-state index contributed by atoms with van der Waals surface area (Å²) in [7, 11) is -3.72. The molecule has 0 spiro atoms. The number of nitrogens with one attached hydrogen (secondary N) is 1. The van der Waals surface area contributed by atoms with Crippen molar-refractivity contribution in [1.29, 1.82) is 0 Å². The average molecular weight is 356 g/mol. The molecule has 1 aromatic carbocycles. The first-order chi connectivity index (χ1) is 11.4. The molecule has 0 unspecified atom stereocenters. The molecule has 7 heteroatoms. The monoisotopic (exact) mass is 356 g/mol. The summed E-state index contributed by atoms with van der Waals surface area (Å²) in [5.41, 5.74) is -0.214. The topological polar surface area (TPSA) is 66.5 Å². The zero-order valence-electron chi connectivity index (χ0n) is 14.2. The number of rotatable bonds is 6. The first kappa shape index (κ1) is 18.9. The average Bonchev–Trinajstić information content (AvgIpc) is 2.56. The number of hydrogen-bond donors (Lipinski definition) is 1. The second-order valence-electron chi connectivity index (χ2n) is 6.04. The van der Waals surface area contributed by atoms with Crippen LogP contribution in [0.3, 0.4) is 0 Å². The second kappa shape index (κ2) is 8.07. The maximum absolute atomic E-state index is 14.1. The molecule has 1 N–H and O–H groups in total. The van der Waals surface area contributed by atoms with Crippen LogP contribution in [-0.2, 0) is 10.0 Å². The smallest absolute Gasteiger partial charge is 0.254 e. The number of nitrogens with zero attached hydrogens (tertiary/aromatic N) is 1. The van der Waals surface area contributed by atoms with Crippen LogP contribution in [0.4, 0.5) is 4.39 Å². The number of carbonyl (C=O) groups excluding carboxylic acids is 1. The molecule has 24 heavy (non-hydrogen) atoms. The Morgan fingerprint density at radius 3 is 2.42 bits per heavy atom. The quantitative estimate of drug-likeness (QED) is 0.852. The Balaban J connectivity index is 2.26. The van der Waals surface area contributed by atoms with Crippen LogP contribution < -0.4 is 5.32 Å². The Labute approximate surface area is 143 Å². The number of amides is 1. The van der Waals surface area contributed by atoms with E-state index in [0.29, 0.717) is 13.1 Å². The minimum absolute atomic E-state index is 0.0358. The van der Waals surface area contributed by atoms with Crippen LogP contribution in [0.25, 0.3) is 0 Å². The fraction of sp³-hybridized carbons (Fsp3) is 0.588. The molecule has 2 rings (SSSR count). The van der Waals surface area contributed by atoms with E-state index in [4.69, 9.17) is 0 Å². The summed E-state index contributed by atoms with van der Waals surface area (Å²) in [6.45, 7) is 4.11. The Hall–Kier alpha value is -1.47. The van der Waals surface area contributed by atoms with Crippen molar-refractivity contribution in [3.8, 4) is 0 Å². The lowest BCUT2D eigenvalue weighted by molar-refractivity contribution is 0.0923. The summed E-state index contributed by atoms with van der Waals surface area (Å²) < 4.78 is 40.4. The molecule has 1 amide bonds. The lowest BCUT2D eigenvalue weighted by Gasteiger charge is -2.23. The highest BCUT2D eigenvalue weighted by molar-refractivity contribution is 7.89. The van der Waals surface area contributed by atoms with Crippen molar-refractivity contribution >= 4 is 15.9 Å². The highest BCUT2D eigenvalue weighted by atomic mass is 32.2. The molecule has 1 saturated carbocycles. The molecule has 0 radical (unpaired) electrons. The molecule has 5 nitrogen and oxygen atoms in total. The van der Waals surface area contributed by atoms with Gasteiger partial charge in [-0.2, -0.15) is 4.31 Å². The number of halogens is 1. The molecule has 0 heterocycles. The van der Waals surface area contributed by atoms with Crippen molar-refractivity contribution in [3.63, 3.8) is 0 Å². The third-order valence-electron chi connectivity index (χ3n) is 4.47. The number of sulfonamides is 1. The highest BCUT2D eigenvalue weighted by Gasteiger charge is 2.25. The third kappa shape index (κ3) is 4.13. The van der Waals surface area contributed by atoms with Gasteiger partial charge in [0.1, 0.15) is 5.82 Å². The molecule has 1 aromatic rings. The lowest BCUT2D eigenvalue weighted by Crippen LogP contribution is -2.37. The molecule has 0 atom stereocenters. The number of benzene rings is 1. The van der Waals surface area contributed by atoms with Gasteiger partial charge in [0.25, 0.3) is 5.91 Å². The minimum atomic E-state index is -3.72. The molecule has 0 aliphatic heterocycles. The van der Waals surface area contributed by atoms with Crippen LogP contribution >= 0.6 is 0 Å². The summed E-state index contributed by atoms with van der Waals surface area (Å²) in [6, 6.07) is 3.43. The zero-order valence-corrected chi connectivity index (χ0v) is 15.0. The first-order valence-corrected chi connectivity index (χ1v) is 9.94. The van der Waals surface area contributed by atoms with E-state index < -0.39 is 21.7 Å². The predicted octanol–water partition coefficient (Wildman–Crippen LogP) is 2.92. The summed E-state index contributed by atoms with van der Waals surface area (Å²) in [6.07, 6.45) is 5.00. The lowest BCUT2D eigenvalue weighted by atomic mass is 9.95. The normalized spacial score (nSPS) is 16.3. The molecule has 0 aromatic heterocycles. The van der Waals surface area contributed by atoms with Crippen molar-refractivity contribution < 1.29 is 17.6 Å². The van der Waals surface area contributed by atoms with E-state index in [9.17, 15) is 17.6 Å². The summed E-state index contributed by atoms with van der Waals surface area (Å²) >= 11 is 0. The SMILES string of the molecule is CCN(CC)S(=O)(=O)c1ccc(F)c(C(=O)NC2CCCCC2)c1. The molecular formula is C17H25FN2O3S. The molecule has 1 aliphatic carbocycles. The maximum Gasteiger partial charge on any atom is 0.254 e. The van der Waals surface area contributed by atoms with Gasteiger partial charge in [-0.15, -0.1) is 0 Å². The summed E-state index contributed by atoms with van der Waals surface area (Å²) in [5, 5.41) is 2.82. The zero-order chi connectivity index (χ0) is 17.7. The molecule has 1 aliphatic rings. The highest BCUT2D eigenvalue weighted by Crippen LogP contribution is 2.21. The van der Waals surface area contributed by atoms with E-state index in [1.54, 1.807) is 13.8 Å². The van der Waals surface area contributed by atoms with Crippen LogP contribution in [-0.4, -0.2) is 37.8 Å². The van der Waals surface area contributed by atoms with Crippen LogP contribution in [0.5, 0.6) is 0 Å².